The molecule has 1 aromatic rings. The molecule has 0 aromatic heterocycles. The van der Waals surface area contributed by atoms with Crippen LogP contribution >= 0.6 is 0 Å². The molecule has 3 atom stereocenters. The van der Waals surface area contributed by atoms with Crippen molar-refractivity contribution in [2.45, 2.75) is 31.3 Å². The maximum atomic E-state index is 11.9. The molecule has 1 aliphatic rings. The zero-order valence-electron chi connectivity index (χ0n) is 11.8. The number of hydrogen-bond donors (Lipinski definition) is 0. The average Bonchev–Trinajstić information content (AvgIpc) is 2.48. The van der Waals surface area contributed by atoms with Crippen molar-refractivity contribution in [3.8, 4) is 0 Å². The molecule has 5 heteroatoms. The van der Waals surface area contributed by atoms with E-state index in [0.717, 1.165) is 5.56 Å². The van der Waals surface area contributed by atoms with Gasteiger partial charge in [0, 0.05) is 20.6 Å². The van der Waals surface area contributed by atoms with Crippen LogP contribution in [0.2, 0.25) is 0 Å². The van der Waals surface area contributed by atoms with Crippen molar-refractivity contribution in [3.63, 3.8) is 0 Å². The highest BCUT2D eigenvalue weighted by molar-refractivity contribution is 5.75. The molecule has 0 N–H and O–H groups in total. The minimum Gasteiger partial charge on any atom is -0.455 e. The number of hydrogen-bond acceptors (Lipinski definition) is 5. The van der Waals surface area contributed by atoms with Crippen molar-refractivity contribution >= 4 is 5.97 Å². The highest BCUT2D eigenvalue weighted by Crippen LogP contribution is 2.21. The number of carbonyl (C=O) groups is 1. The van der Waals surface area contributed by atoms with Crippen molar-refractivity contribution in [1.82, 2.24) is 0 Å². The minimum atomic E-state index is -0.590. The van der Waals surface area contributed by atoms with E-state index in [4.69, 9.17) is 18.9 Å². The summed E-state index contributed by atoms with van der Waals surface area (Å²) >= 11 is 0. The minimum absolute atomic E-state index is 0.201. The van der Waals surface area contributed by atoms with Crippen molar-refractivity contribution in [2.24, 2.45) is 0 Å². The van der Waals surface area contributed by atoms with Crippen LogP contribution in [0.5, 0.6) is 0 Å². The fourth-order valence-electron chi connectivity index (χ4n) is 2.22. The normalized spacial score (nSPS) is 26.3. The molecule has 0 radical (unpaired) electrons. The van der Waals surface area contributed by atoms with Crippen LogP contribution in [-0.4, -0.2) is 45.1 Å². The third-order valence-corrected chi connectivity index (χ3v) is 3.32. The molecule has 0 spiro atoms. The summed E-state index contributed by atoms with van der Waals surface area (Å²) in [6.45, 7) is 0.710. The van der Waals surface area contributed by atoms with E-state index in [1.54, 1.807) is 14.2 Å². The number of cyclic esters (lactones) is 1. The van der Waals surface area contributed by atoms with Crippen LogP contribution < -0.4 is 0 Å². The van der Waals surface area contributed by atoms with Gasteiger partial charge in [-0.25, -0.2) is 4.79 Å². The van der Waals surface area contributed by atoms with Crippen molar-refractivity contribution < 1.29 is 23.7 Å². The maximum absolute atomic E-state index is 11.9. The zero-order valence-corrected chi connectivity index (χ0v) is 11.8. The molecule has 1 aromatic carbocycles. The van der Waals surface area contributed by atoms with Gasteiger partial charge >= 0.3 is 5.97 Å². The molecule has 0 saturated carbocycles. The first-order chi connectivity index (χ1) is 9.74. The quantitative estimate of drug-likeness (QED) is 0.740. The van der Waals surface area contributed by atoms with Crippen LogP contribution in [0.4, 0.5) is 0 Å². The van der Waals surface area contributed by atoms with Crippen LogP contribution in [0.1, 0.15) is 12.0 Å². The SMILES string of the molecule is COC[C@H]1OC(=O)[C@H](OCc2ccccc2)C[C@@H]1OC. The highest BCUT2D eigenvalue weighted by atomic mass is 16.6. The summed E-state index contributed by atoms with van der Waals surface area (Å²) < 4.78 is 21.3. The molecule has 0 amide bonds. The topological polar surface area (TPSA) is 54.0 Å². The third-order valence-electron chi connectivity index (χ3n) is 3.32. The van der Waals surface area contributed by atoms with Crippen molar-refractivity contribution in [3.05, 3.63) is 35.9 Å². The second kappa shape index (κ2) is 7.38. The largest absolute Gasteiger partial charge is 0.455 e. The number of carbonyl (C=O) groups excluding carboxylic acids is 1. The van der Waals surface area contributed by atoms with E-state index in [1.165, 1.54) is 0 Å². The molecular formula is C15H20O5. The van der Waals surface area contributed by atoms with E-state index >= 15 is 0 Å². The fourth-order valence-corrected chi connectivity index (χ4v) is 2.22. The lowest BCUT2D eigenvalue weighted by Crippen LogP contribution is -2.48. The summed E-state index contributed by atoms with van der Waals surface area (Å²) in [7, 11) is 3.17. The fraction of sp³-hybridized carbons (Fsp3) is 0.533. The summed E-state index contributed by atoms with van der Waals surface area (Å²) in [5, 5.41) is 0. The Kier molecular flexibility index (Phi) is 5.52. The smallest absolute Gasteiger partial charge is 0.335 e. The molecule has 1 aliphatic heterocycles. The van der Waals surface area contributed by atoms with Gasteiger partial charge in [-0.05, 0) is 5.56 Å². The predicted molar refractivity (Wildman–Crippen MR) is 72.2 cm³/mol. The van der Waals surface area contributed by atoms with Crippen LogP contribution in [0.25, 0.3) is 0 Å². The Labute approximate surface area is 118 Å². The molecule has 1 heterocycles. The Balaban J connectivity index is 1.90. The number of methoxy groups -OCH3 is 2. The summed E-state index contributed by atoms with van der Waals surface area (Å²) in [5.74, 6) is -0.351. The summed E-state index contributed by atoms with van der Waals surface area (Å²) in [5.41, 5.74) is 1.02. The van der Waals surface area contributed by atoms with Crippen molar-refractivity contribution in [2.75, 3.05) is 20.8 Å². The van der Waals surface area contributed by atoms with Crippen LogP contribution in [-0.2, 0) is 30.3 Å². The van der Waals surface area contributed by atoms with Gasteiger partial charge in [0.2, 0.25) is 0 Å². The zero-order chi connectivity index (χ0) is 14.4. The Morgan fingerprint density at radius 3 is 2.65 bits per heavy atom. The molecule has 0 aliphatic carbocycles. The lowest BCUT2D eigenvalue weighted by Gasteiger charge is -2.33. The molecule has 110 valence electrons. The molecular weight excluding hydrogens is 260 g/mol. The van der Waals surface area contributed by atoms with E-state index in [2.05, 4.69) is 0 Å². The second-order valence-electron chi connectivity index (χ2n) is 4.73. The van der Waals surface area contributed by atoms with Gasteiger partial charge in [-0.2, -0.15) is 0 Å². The second-order valence-corrected chi connectivity index (χ2v) is 4.73. The van der Waals surface area contributed by atoms with Gasteiger partial charge in [0.1, 0.15) is 0 Å². The van der Waals surface area contributed by atoms with Crippen LogP contribution in [0.15, 0.2) is 30.3 Å². The maximum Gasteiger partial charge on any atom is 0.335 e. The highest BCUT2D eigenvalue weighted by Gasteiger charge is 2.38. The predicted octanol–water partition coefficient (Wildman–Crippen LogP) is 1.55. The van der Waals surface area contributed by atoms with Gasteiger partial charge in [-0.3, -0.25) is 0 Å². The molecule has 1 saturated heterocycles. The van der Waals surface area contributed by atoms with Crippen LogP contribution in [0.3, 0.4) is 0 Å². The number of rotatable bonds is 6. The molecule has 5 nitrogen and oxygen atoms in total. The Morgan fingerprint density at radius 2 is 2.00 bits per heavy atom. The first-order valence-corrected chi connectivity index (χ1v) is 6.62. The monoisotopic (exact) mass is 280 g/mol. The van der Waals surface area contributed by atoms with Gasteiger partial charge in [-0.1, -0.05) is 30.3 Å². The molecule has 0 unspecified atom stereocenters. The van der Waals surface area contributed by atoms with E-state index in [9.17, 15) is 4.79 Å². The third kappa shape index (κ3) is 3.79. The summed E-state index contributed by atoms with van der Waals surface area (Å²) in [6.07, 6.45) is -0.674. The molecule has 2 rings (SSSR count). The summed E-state index contributed by atoms with van der Waals surface area (Å²) in [6, 6.07) is 9.72. The lowest BCUT2D eigenvalue weighted by atomic mass is 10.0. The van der Waals surface area contributed by atoms with Gasteiger partial charge in [-0.15, -0.1) is 0 Å². The van der Waals surface area contributed by atoms with Gasteiger partial charge < -0.3 is 18.9 Å². The number of esters is 1. The standard InChI is InChI=1S/C15H20O5/c1-17-10-14-12(18-2)8-13(15(16)20-14)19-9-11-6-4-3-5-7-11/h3-7,12-14H,8-10H2,1-2H3/t12-,13+,14+/m0/s1. The van der Waals surface area contributed by atoms with Crippen molar-refractivity contribution in [1.29, 1.82) is 0 Å². The molecule has 0 bridgehead atoms. The summed E-state index contributed by atoms with van der Waals surface area (Å²) in [4.78, 5) is 11.9. The van der Waals surface area contributed by atoms with E-state index in [1.807, 2.05) is 30.3 Å². The Bertz CT molecular complexity index is 420. The van der Waals surface area contributed by atoms with E-state index in [0.29, 0.717) is 19.6 Å². The molecule has 1 fully saturated rings. The number of benzene rings is 1. The first kappa shape index (κ1) is 15.0. The van der Waals surface area contributed by atoms with Crippen LogP contribution in [0, 0.1) is 0 Å². The average molecular weight is 280 g/mol. The Morgan fingerprint density at radius 1 is 1.25 bits per heavy atom. The van der Waals surface area contributed by atoms with E-state index in [-0.39, 0.29) is 18.2 Å². The van der Waals surface area contributed by atoms with Gasteiger partial charge in [0.25, 0.3) is 0 Å². The molecule has 20 heavy (non-hydrogen) atoms. The van der Waals surface area contributed by atoms with Gasteiger partial charge in [0.05, 0.1) is 19.3 Å². The first-order valence-electron chi connectivity index (χ1n) is 6.62. The Hall–Kier alpha value is -1.43. The number of ether oxygens (including phenoxy) is 4. The lowest BCUT2D eigenvalue weighted by molar-refractivity contribution is -0.193. The van der Waals surface area contributed by atoms with Gasteiger partial charge in [0.15, 0.2) is 12.2 Å². The van der Waals surface area contributed by atoms with E-state index < -0.39 is 6.10 Å².